The van der Waals surface area contributed by atoms with Gasteiger partial charge in [-0.2, -0.15) is 0 Å². The minimum atomic E-state index is -0.664. The molecule has 1 atom stereocenters. The van der Waals surface area contributed by atoms with Crippen LogP contribution in [0.2, 0.25) is 5.02 Å². The molecule has 0 aliphatic heterocycles. The molecule has 0 aliphatic carbocycles. The van der Waals surface area contributed by atoms with Gasteiger partial charge in [-0.25, -0.2) is 0 Å². The first-order valence-corrected chi connectivity index (χ1v) is 5.66. The van der Waals surface area contributed by atoms with Gasteiger partial charge in [-0.3, -0.25) is 0 Å². The van der Waals surface area contributed by atoms with E-state index in [2.05, 4.69) is 0 Å². The summed E-state index contributed by atoms with van der Waals surface area (Å²) in [6, 6.07) is 14.5. The van der Waals surface area contributed by atoms with Crippen molar-refractivity contribution in [1.82, 2.24) is 0 Å². The van der Waals surface area contributed by atoms with Crippen molar-refractivity contribution in [3.63, 3.8) is 0 Å². The van der Waals surface area contributed by atoms with Crippen LogP contribution in [-0.2, 0) is 0 Å². The van der Waals surface area contributed by atoms with Crippen LogP contribution in [0, 0.1) is 0 Å². The molecule has 0 heterocycles. The Balaban J connectivity index is 2.29. The fourth-order valence-corrected chi connectivity index (χ4v) is 1.78. The topological polar surface area (TPSA) is 29.5 Å². The lowest BCUT2D eigenvalue weighted by Gasteiger charge is -2.12. The number of rotatable bonds is 3. The van der Waals surface area contributed by atoms with Crippen molar-refractivity contribution in [2.75, 3.05) is 7.11 Å². The van der Waals surface area contributed by atoms with Gasteiger partial charge in [0.05, 0.1) is 7.11 Å². The van der Waals surface area contributed by atoms with Crippen LogP contribution >= 0.6 is 11.6 Å². The van der Waals surface area contributed by atoms with Crippen molar-refractivity contribution in [3.8, 4) is 5.75 Å². The molecule has 0 spiro atoms. The number of halogens is 1. The molecule has 0 unspecified atom stereocenters. The Bertz CT molecular complexity index is 494. The van der Waals surface area contributed by atoms with Crippen molar-refractivity contribution in [2.24, 2.45) is 0 Å². The average molecular weight is 249 g/mol. The molecule has 0 amide bonds. The summed E-state index contributed by atoms with van der Waals surface area (Å²) < 4.78 is 5.13. The Kier molecular flexibility index (Phi) is 3.67. The standard InChI is InChI=1S/C14H13ClO2/c1-17-13-4-2-3-11(9-13)14(16)10-5-7-12(15)8-6-10/h2-9,14,16H,1H3/t14-/m1/s1. The summed E-state index contributed by atoms with van der Waals surface area (Å²) in [4.78, 5) is 0. The summed E-state index contributed by atoms with van der Waals surface area (Å²) in [5.74, 6) is 0.732. The minimum absolute atomic E-state index is 0.659. The maximum absolute atomic E-state index is 10.2. The van der Waals surface area contributed by atoms with Crippen molar-refractivity contribution in [3.05, 3.63) is 64.7 Å². The predicted octanol–water partition coefficient (Wildman–Crippen LogP) is 3.43. The third-order valence-electron chi connectivity index (χ3n) is 2.60. The molecule has 0 fully saturated rings. The third-order valence-corrected chi connectivity index (χ3v) is 2.85. The summed E-state index contributed by atoms with van der Waals surface area (Å²) >= 11 is 5.81. The third kappa shape index (κ3) is 2.78. The maximum atomic E-state index is 10.2. The van der Waals surface area contributed by atoms with E-state index >= 15 is 0 Å². The average Bonchev–Trinajstić information content (AvgIpc) is 2.39. The highest BCUT2D eigenvalue weighted by molar-refractivity contribution is 6.30. The molecular weight excluding hydrogens is 236 g/mol. The Labute approximate surface area is 105 Å². The van der Waals surface area contributed by atoms with Gasteiger partial charge in [-0.1, -0.05) is 35.9 Å². The van der Waals surface area contributed by atoms with Crippen LogP contribution in [0.15, 0.2) is 48.5 Å². The van der Waals surface area contributed by atoms with E-state index in [-0.39, 0.29) is 0 Å². The first kappa shape index (κ1) is 12.0. The van der Waals surface area contributed by atoms with Gasteiger partial charge in [0, 0.05) is 5.02 Å². The fraction of sp³-hybridized carbons (Fsp3) is 0.143. The van der Waals surface area contributed by atoms with Crippen molar-refractivity contribution >= 4 is 11.6 Å². The van der Waals surface area contributed by atoms with Crippen molar-refractivity contribution < 1.29 is 9.84 Å². The second-order valence-corrected chi connectivity index (χ2v) is 4.17. The number of methoxy groups -OCH3 is 1. The normalized spacial score (nSPS) is 12.2. The molecule has 3 heteroatoms. The molecule has 2 aromatic rings. The summed E-state index contributed by atoms with van der Waals surface area (Å²) in [5.41, 5.74) is 1.61. The SMILES string of the molecule is COc1cccc([C@H](O)c2ccc(Cl)cc2)c1. The van der Waals surface area contributed by atoms with Crippen LogP contribution in [0.5, 0.6) is 5.75 Å². The Hall–Kier alpha value is -1.51. The van der Waals surface area contributed by atoms with E-state index < -0.39 is 6.10 Å². The van der Waals surface area contributed by atoms with Crippen molar-refractivity contribution in [1.29, 1.82) is 0 Å². The zero-order valence-corrected chi connectivity index (χ0v) is 10.2. The van der Waals surface area contributed by atoms with E-state index in [1.54, 1.807) is 19.2 Å². The number of hydrogen-bond acceptors (Lipinski definition) is 2. The van der Waals surface area contributed by atoms with Crippen LogP contribution in [0.4, 0.5) is 0 Å². The van der Waals surface area contributed by atoms with Gasteiger partial charge in [-0.05, 0) is 35.4 Å². The Morgan fingerprint density at radius 2 is 1.76 bits per heavy atom. The van der Waals surface area contributed by atoms with Crippen LogP contribution in [0.3, 0.4) is 0 Å². The van der Waals surface area contributed by atoms with Gasteiger partial charge < -0.3 is 9.84 Å². The first-order chi connectivity index (χ1) is 8.20. The molecule has 88 valence electrons. The zero-order chi connectivity index (χ0) is 12.3. The molecule has 0 aromatic heterocycles. The highest BCUT2D eigenvalue weighted by atomic mass is 35.5. The Morgan fingerprint density at radius 1 is 1.06 bits per heavy atom. The van der Waals surface area contributed by atoms with Crippen molar-refractivity contribution in [2.45, 2.75) is 6.10 Å². The number of hydrogen-bond donors (Lipinski definition) is 1. The number of aliphatic hydroxyl groups excluding tert-OH is 1. The van der Waals surface area contributed by atoms with Gasteiger partial charge in [-0.15, -0.1) is 0 Å². The molecule has 0 saturated carbocycles. The Morgan fingerprint density at radius 3 is 2.41 bits per heavy atom. The molecule has 0 radical (unpaired) electrons. The second kappa shape index (κ2) is 5.21. The van der Waals surface area contributed by atoms with E-state index in [1.165, 1.54) is 0 Å². The van der Waals surface area contributed by atoms with E-state index in [0.29, 0.717) is 5.02 Å². The lowest BCUT2D eigenvalue weighted by atomic mass is 10.0. The molecule has 2 rings (SSSR count). The van der Waals surface area contributed by atoms with Gasteiger partial charge in [0.1, 0.15) is 11.9 Å². The van der Waals surface area contributed by atoms with E-state index in [9.17, 15) is 5.11 Å². The molecule has 17 heavy (non-hydrogen) atoms. The van der Waals surface area contributed by atoms with E-state index in [0.717, 1.165) is 16.9 Å². The quantitative estimate of drug-likeness (QED) is 0.902. The number of aliphatic hydroxyl groups is 1. The molecule has 1 N–H and O–H groups in total. The molecule has 2 aromatic carbocycles. The lowest BCUT2D eigenvalue weighted by molar-refractivity contribution is 0.220. The van der Waals surface area contributed by atoms with Gasteiger partial charge in [0.25, 0.3) is 0 Å². The second-order valence-electron chi connectivity index (χ2n) is 3.73. The summed E-state index contributed by atoms with van der Waals surface area (Å²) in [6.45, 7) is 0. The van der Waals surface area contributed by atoms with Gasteiger partial charge in [0.15, 0.2) is 0 Å². The van der Waals surface area contributed by atoms with Gasteiger partial charge >= 0.3 is 0 Å². The van der Waals surface area contributed by atoms with Gasteiger partial charge in [0.2, 0.25) is 0 Å². The zero-order valence-electron chi connectivity index (χ0n) is 9.43. The minimum Gasteiger partial charge on any atom is -0.497 e. The highest BCUT2D eigenvalue weighted by Gasteiger charge is 2.10. The molecule has 0 saturated heterocycles. The van der Waals surface area contributed by atoms with E-state index in [1.807, 2.05) is 36.4 Å². The lowest BCUT2D eigenvalue weighted by Crippen LogP contribution is -1.99. The first-order valence-electron chi connectivity index (χ1n) is 5.28. The monoisotopic (exact) mass is 248 g/mol. The number of ether oxygens (including phenoxy) is 1. The molecule has 2 nitrogen and oxygen atoms in total. The highest BCUT2D eigenvalue weighted by Crippen LogP contribution is 2.25. The molecule has 0 aliphatic rings. The molecule has 0 bridgehead atoms. The summed E-state index contributed by atoms with van der Waals surface area (Å²) in [6.07, 6.45) is -0.664. The van der Waals surface area contributed by atoms with Crippen LogP contribution < -0.4 is 4.74 Å². The summed E-state index contributed by atoms with van der Waals surface area (Å²) in [7, 11) is 1.60. The molecular formula is C14H13ClO2. The largest absolute Gasteiger partial charge is 0.497 e. The summed E-state index contributed by atoms with van der Waals surface area (Å²) in [5, 5.41) is 10.9. The van der Waals surface area contributed by atoms with E-state index in [4.69, 9.17) is 16.3 Å². The number of benzene rings is 2. The smallest absolute Gasteiger partial charge is 0.119 e. The maximum Gasteiger partial charge on any atom is 0.119 e. The van der Waals surface area contributed by atoms with Crippen LogP contribution in [-0.4, -0.2) is 12.2 Å². The fourth-order valence-electron chi connectivity index (χ4n) is 1.65. The van der Waals surface area contributed by atoms with Crippen LogP contribution in [0.1, 0.15) is 17.2 Å². The van der Waals surface area contributed by atoms with Crippen LogP contribution in [0.25, 0.3) is 0 Å². The predicted molar refractivity (Wildman–Crippen MR) is 68.5 cm³/mol.